The molecule has 0 unspecified atom stereocenters. The second kappa shape index (κ2) is 12.5. The first-order chi connectivity index (χ1) is 18.9. The molecule has 2 aromatic heterocycles. The molecule has 4 rings (SSSR count). The summed E-state index contributed by atoms with van der Waals surface area (Å²) in [5, 5.41) is 12.1. The van der Waals surface area contributed by atoms with Crippen molar-refractivity contribution in [3.63, 3.8) is 0 Å². The summed E-state index contributed by atoms with van der Waals surface area (Å²) in [5.74, 6) is 2.84. The highest BCUT2D eigenvalue weighted by Crippen LogP contribution is 2.31. The lowest BCUT2D eigenvalue weighted by molar-refractivity contribution is 0.0919. The number of fused-ring (bicyclic) bond motifs is 1. The predicted molar refractivity (Wildman–Crippen MR) is 140 cm³/mol. The number of carbonyl (C=O) groups is 2. The monoisotopic (exact) mass is 534 g/mol. The van der Waals surface area contributed by atoms with E-state index < -0.39 is 6.03 Å². The molecule has 0 aliphatic carbocycles. The number of hydrogen-bond acceptors (Lipinski definition) is 10. The van der Waals surface area contributed by atoms with E-state index in [9.17, 15) is 19.6 Å². The molecule has 0 aromatic carbocycles. The van der Waals surface area contributed by atoms with Crippen molar-refractivity contribution in [2.45, 2.75) is 44.9 Å². The molecule has 2 aliphatic rings. The number of ether oxygens (including phenoxy) is 3. The van der Waals surface area contributed by atoms with Gasteiger partial charge in [-0.3, -0.25) is 15.0 Å². The van der Waals surface area contributed by atoms with Crippen LogP contribution in [-0.4, -0.2) is 79.3 Å². The normalized spacial score (nSPS) is 17.2. The van der Waals surface area contributed by atoms with Gasteiger partial charge >= 0.3 is 6.03 Å². The number of nitrogens with zero attached hydrogens (tertiary/aromatic N) is 5. The Morgan fingerprint density at radius 2 is 2.15 bits per heavy atom. The van der Waals surface area contributed by atoms with Crippen LogP contribution in [0.2, 0.25) is 0 Å². The van der Waals surface area contributed by atoms with E-state index in [2.05, 4.69) is 15.3 Å². The van der Waals surface area contributed by atoms with Crippen LogP contribution in [0, 0.1) is 11.3 Å². The zero-order valence-corrected chi connectivity index (χ0v) is 22.1. The van der Waals surface area contributed by atoms with Gasteiger partial charge in [0.15, 0.2) is 6.29 Å². The summed E-state index contributed by atoms with van der Waals surface area (Å²) in [7, 11) is 3.10. The average molecular weight is 535 g/mol. The molecule has 0 radical (unpaired) electrons. The number of hydrogen-bond donors (Lipinski definition) is 1. The molecular weight excluding hydrogens is 504 g/mol. The van der Waals surface area contributed by atoms with Crippen LogP contribution in [0.25, 0.3) is 0 Å². The van der Waals surface area contributed by atoms with Crippen molar-refractivity contribution < 1.29 is 28.6 Å². The molecule has 0 spiro atoms. The van der Waals surface area contributed by atoms with Crippen LogP contribution >= 0.6 is 0 Å². The molecule has 12 nitrogen and oxygen atoms in total. The minimum absolute atomic E-state index is 0.193. The Balaban J connectivity index is 1.55. The Hall–Kier alpha value is -4.30. The third kappa shape index (κ3) is 6.07. The van der Waals surface area contributed by atoms with E-state index in [1.54, 1.807) is 21.1 Å². The number of aryl methyl sites for hydroxylation is 1. The second-order valence-electron chi connectivity index (χ2n) is 9.30. The summed E-state index contributed by atoms with van der Waals surface area (Å²) in [6.07, 6.45) is 3.38. The van der Waals surface area contributed by atoms with Crippen LogP contribution in [0.1, 0.15) is 46.9 Å². The smallest absolute Gasteiger partial charge is 0.328 e. The number of rotatable bonds is 9. The van der Waals surface area contributed by atoms with E-state index in [1.165, 1.54) is 17.2 Å². The van der Waals surface area contributed by atoms with Gasteiger partial charge in [-0.05, 0) is 37.8 Å². The fourth-order valence-corrected chi connectivity index (χ4v) is 4.80. The first-order valence-corrected chi connectivity index (χ1v) is 12.6. The number of aromatic nitrogens is 2. The summed E-state index contributed by atoms with van der Waals surface area (Å²) in [6.45, 7) is 3.43. The zero-order chi connectivity index (χ0) is 27.9. The number of carbonyl (C=O) groups excluding carboxylic acids is 3. The quantitative estimate of drug-likeness (QED) is 0.376. The summed E-state index contributed by atoms with van der Waals surface area (Å²) < 4.78 is 16.2. The van der Waals surface area contributed by atoms with Gasteiger partial charge in [-0.25, -0.2) is 19.6 Å². The Bertz CT molecular complexity index is 1330. The molecule has 12 heteroatoms. The Morgan fingerprint density at radius 3 is 2.85 bits per heavy atom. The molecule has 1 fully saturated rings. The van der Waals surface area contributed by atoms with Gasteiger partial charge < -0.3 is 19.1 Å². The van der Waals surface area contributed by atoms with Crippen LogP contribution in [-0.2, 0) is 27.2 Å². The summed E-state index contributed by atoms with van der Waals surface area (Å²) in [5.41, 5.74) is 2.32. The van der Waals surface area contributed by atoms with Gasteiger partial charge in [-0.2, -0.15) is 5.26 Å². The lowest BCUT2D eigenvalue weighted by Gasteiger charge is -2.29. The molecule has 2 atom stereocenters. The number of likely N-dealkylation sites (tertiary alicyclic amines) is 1. The molecule has 39 heavy (non-hydrogen) atoms. The highest BCUT2D eigenvalue weighted by atomic mass is 16.5. The third-order valence-corrected chi connectivity index (χ3v) is 6.64. The predicted octanol–water partition coefficient (Wildman–Crippen LogP) is 2.50. The molecule has 0 bridgehead atoms. The van der Waals surface area contributed by atoms with Crippen LogP contribution < -0.4 is 15.0 Å². The van der Waals surface area contributed by atoms with Crippen LogP contribution in [0.5, 0.6) is 5.75 Å². The van der Waals surface area contributed by atoms with Gasteiger partial charge in [-0.15, -0.1) is 0 Å². The first kappa shape index (κ1) is 27.7. The third-order valence-electron chi connectivity index (χ3n) is 6.64. The van der Waals surface area contributed by atoms with Gasteiger partial charge in [0.25, 0.3) is 0 Å². The minimum Gasteiger partial charge on any atom is -0.487 e. The first-order valence-electron chi connectivity index (χ1n) is 12.6. The van der Waals surface area contributed by atoms with Gasteiger partial charge in [-0.1, -0.05) is 0 Å². The number of aldehydes is 1. The standard InChI is InChI=1S/C27H30N6O6/c1-17(16-37-2)39-24-10-25(29-12-20(24)11-28)31-27(36)33-7-4-5-18-9-19(21(14-34)30-26(18)33)13-32-8-6-23(38-3)22(32)15-35/h9-10,12,14,17,23H,4-8,13,16H2,1-3H3,(H,29,31,36)/t17-,23-/m1/s1. The lowest BCUT2D eigenvalue weighted by atomic mass is 10.0. The van der Waals surface area contributed by atoms with Gasteiger partial charge in [0, 0.05) is 45.5 Å². The van der Waals surface area contributed by atoms with Crippen molar-refractivity contribution in [2.24, 2.45) is 0 Å². The Kier molecular flexibility index (Phi) is 8.88. The van der Waals surface area contributed by atoms with Crippen LogP contribution in [0.3, 0.4) is 0 Å². The Morgan fingerprint density at radius 1 is 1.33 bits per heavy atom. The molecule has 4 heterocycles. The van der Waals surface area contributed by atoms with E-state index >= 15 is 0 Å². The summed E-state index contributed by atoms with van der Waals surface area (Å²) >= 11 is 0. The number of nitrogens with one attached hydrogen (secondary N) is 1. The molecule has 0 saturated carbocycles. The highest BCUT2D eigenvalue weighted by molar-refractivity contribution is 6.01. The number of anilines is 2. The number of pyridine rings is 2. The molecule has 2 amide bonds. The SMILES string of the molecule is COC[C@@H](C)Oc1cc(NC(=O)N2CCCc3cc(CN4CC[C@@H](OC)C4=C=O)c(C=O)nc32)ncc1C#N. The van der Waals surface area contributed by atoms with Crippen LogP contribution in [0.4, 0.5) is 16.4 Å². The van der Waals surface area contributed by atoms with E-state index in [4.69, 9.17) is 14.2 Å². The number of urea groups is 1. The van der Waals surface area contributed by atoms with E-state index in [-0.39, 0.29) is 35.0 Å². The topological polar surface area (TPSA) is 147 Å². The minimum atomic E-state index is -0.477. The molecule has 1 saturated heterocycles. The lowest BCUT2D eigenvalue weighted by Crippen LogP contribution is -2.40. The van der Waals surface area contributed by atoms with Gasteiger partial charge in [0.2, 0.25) is 0 Å². The summed E-state index contributed by atoms with van der Waals surface area (Å²) in [6, 6.07) is 4.91. The maximum absolute atomic E-state index is 13.3. The van der Waals surface area contributed by atoms with E-state index in [0.717, 1.165) is 5.56 Å². The van der Waals surface area contributed by atoms with E-state index in [1.807, 2.05) is 23.0 Å². The maximum atomic E-state index is 13.3. The van der Waals surface area contributed by atoms with Gasteiger partial charge in [0.1, 0.15) is 58.6 Å². The fourth-order valence-electron chi connectivity index (χ4n) is 4.80. The Labute approximate surface area is 226 Å². The highest BCUT2D eigenvalue weighted by Gasteiger charge is 2.31. The average Bonchev–Trinajstić information content (AvgIpc) is 3.34. The van der Waals surface area contributed by atoms with Crippen molar-refractivity contribution in [1.29, 1.82) is 5.26 Å². The molecule has 2 aromatic rings. The van der Waals surface area contributed by atoms with E-state index in [0.29, 0.717) is 68.9 Å². The van der Waals surface area contributed by atoms with Gasteiger partial charge in [0.05, 0.1) is 12.8 Å². The molecule has 2 aliphatic heterocycles. The molecular formula is C27H30N6O6. The van der Waals surface area contributed by atoms with Crippen molar-refractivity contribution in [3.05, 3.63) is 46.4 Å². The van der Waals surface area contributed by atoms with Crippen molar-refractivity contribution in [2.75, 3.05) is 44.1 Å². The largest absolute Gasteiger partial charge is 0.487 e. The number of amides is 2. The fraction of sp³-hybridized carbons (Fsp3) is 0.444. The zero-order valence-electron chi connectivity index (χ0n) is 22.1. The maximum Gasteiger partial charge on any atom is 0.328 e. The number of methoxy groups -OCH3 is 2. The molecule has 204 valence electrons. The molecule has 1 N–H and O–H groups in total. The number of nitriles is 1. The second-order valence-corrected chi connectivity index (χ2v) is 9.30. The summed E-state index contributed by atoms with van der Waals surface area (Å²) in [4.78, 5) is 48.8. The van der Waals surface area contributed by atoms with Crippen molar-refractivity contribution >= 4 is 29.9 Å². The van der Waals surface area contributed by atoms with Crippen molar-refractivity contribution in [1.82, 2.24) is 14.9 Å². The van der Waals surface area contributed by atoms with Crippen molar-refractivity contribution in [3.8, 4) is 11.8 Å². The van der Waals surface area contributed by atoms with Crippen LogP contribution in [0.15, 0.2) is 24.0 Å².